The van der Waals surface area contributed by atoms with Gasteiger partial charge in [0, 0.05) is 18.8 Å². The molecule has 3 heteroatoms. The second kappa shape index (κ2) is 6.02. The quantitative estimate of drug-likeness (QED) is 0.892. The van der Waals surface area contributed by atoms with Crippen LogP contribution in [0.3, 0.4) is 0 Å². The van der Waals surface area contributed by atoms with Gasteiger partial charge < -0.3 is 5.32 Å². The molecule has 102 valence electrons. The SMILES string of the molecule is Cc1cc(C)cc(Cn2nccc2CNC(C)C)c1. The molecule has 0 atom stereocenters. The summed E-state index contributed by atoms with van der Waals surface area (Å²) in [6.07, 6.45) is 1.87. The zero-order valence-corrected chi connectivity index (χ0v) is 12.3. The Kier molecular flexibility index (Phi) is 4.38. The minimum Gasteiger partial charge on any atom is -0.309 e. The smallest absolute Gasteiger partial charge is 0.0663 e. The molecule has 0 aliphatic carbocycles. The average Bonchev–Trinajstić information content (AvgIpc) is 2.72. The summed E-state index contributed by atoms with van der Waals surface area (Å²) in [4.78, 5) is 0. The molecule has 1 aromatic heterocycles. The van der Waals surface area contributed by atoms with Gasteiger partial charge in [0.25, 0.3) is 0 Å². The first-order valence-corrected chi connectivity index (χ1v) is 6.86. The van der Waals surface area contributed by atoms with Crippen molar-refractivity contribution in [3.05, 3.63) is 52.8 Å². The maximum Gasteiger partial charge on any atom is 0.0663 e. The Bertz CT molecular complexity index is 520. The van der Waals surface area contributed by atoms with Gasteiger partial charge in [-0.1, -0.05) is 43.2 Å². The molecular weight excluding hydrogens is 234 g/mol. The number of aromatic nitrogens is 2. The van der Waals surface area contributed by atoms with Gasteiger partial charge in [-0.05, 0) is 25.5 Å². The minimum atomic E-state index is 0.490. The Morgan fingerprint density at radius 1 is 1.16 bits per heavy atom. The Balaban J connectivity index is 2.12. The van der Waals surface area contributed by atoms with Crippen molar-refractivity contribution >= 4 is 0 Å². The normalized spacial score (nSPS) is 11.2. The number of hydrogen-bond donors (Lipinski definition) is 1. The largest absolute Gasteiger partial charge is 0.309 e. The van der Waals surface area contributed by atoms with Crippen molar-refractivity contribution in [3.8, 4) is 0 Å². The van der Waals surface area contributed by atoms with E-state index in [1.807, 2.05) is 6.20 Å². The van der Waals surface area contributed by atoms with E-state index < -0.39 is 0 Å². The first kappa shape index (κ1) is 13.8. The summed E-state index contributed by atoms with van der Waals surface area (Å²) in [7, 11) is 0. The predicted molar refractivity (Wildman–Crippen MR) is 79.2 cm³/mol. The van der Waals surface area contributed by atoms with Crippen LogP contribution in [-0.2, 0) is 13.1 Å². The molecule has 0 bridgehead atoms. The first-order valence-electron chi connectivity index (χ1n) is 6.86. The van der Waals surface area contributed by atoms with Gasteiger partial charge >= 0.3 is 0 Å². The van der Waals surface area contributed by atoms with Gasteiger partial charge in [-0.2, -0.15) is 5.10 Å². The minimum absolute atomic E-state index is 0.490. The number of hydrogen-bond acceptors (Lipinski definition) is 2. The standard InChI is InChI=1S/C16H23N3/c1-12(2)17-10-16-5-6-18-19(16)11-15-8-13(3)7-14(4)9-15/h5-9,12,17H,10-11H2,1-4H3. The molecule has 0 fully saturated rings. The summed E-state index contributed by atoms with van der Waals surface area (Å²) in [6.45, 7) is 10.3. The van der Waals surface area contributed by atoms with Gasteiger partial charge in [-0.15, -0.1) is 0 Å². The lowest BCUT2D eigenvalue weighted by atomic mass is 10.1. The monoisotopic (exact) mass is 257 g/mol. The molecular formula is C16H23N3. The maximum atomic E-state index is 4.43. The number of rotatable bonds is 5. The summed E-state index contributed by atoms with van der Waals surface area (Å²) in [5.74, 6) is 0. The van der Waals surface area contributed by atoms with Crippen LogP contribution < -0.4 is 5.32 Å². The van der Waals surface area contributed by atoms with Gasteiger partial charge in [0.2, 0.25) is 0 Å². The molecule has 1 heterocycles. The highest BCUT2D eigenvalue weighted by Gasteiger charge is 2.05. The summed E-state index contributed by atoms with van der Waals surface area (Å²) in [5, 5.41) is 7.86. The topological polar surface area (TPSA) is 29.9 Å². The van der Waals surface area contributed by atoms with E-state index in [4.69, 9.17) is 0 Å². The molecule has 19 heavy (non-hydrogen) atoms. The van der Waals surface area contributed by atoms with Crippen LogP contribution in [0.4, 0.5) is 0 Å². The lowest BCUT2D eigenvalue weighted by molar-refractivity contribution is 0.547. The van der Waals surface area contributed by atoms with Crippen LogP contribution in [0, 0.1) is 13.8 Å². The second-order valence-corrected chi connectivity index (χ2v) is 5.51. The lowest BCUT2D eigenvalue weighted by Gasteiger charge is -2.11. The lowest BCUT2D eigenvalue weighted by Crippen LogP contribution is -2.23. The molecule has 3 nitrogen and oxygen atoms in total. The summed E-state index contributed by atoms with van der Waals surface area (Å²) < 4.78 is 2.07. The highest BCUT2D eigenvalue weighted by atomic mass is 15.3. The average molecular weight is 257 g/mol. The molecule has 0 aliphatic rings. The van der Waals surface area contributed by atoms with Gasteiger partial charge in [0.15, 0.2) is 0 Å². The maximum absolute atomic E-state index is 4.43. The van der Waals surface area contributed by atoms with Crippen LogP contribution in [0.2, 0.25) is 0 Å². The number of benzene rings is 1. The second-order valence-electron chi connectivity index (χ2n) is 5.51. The zero-order chi connectivity index (χ0) is 13.8. The third-order valence-electron chi connectivity index (χ3n) is 3.11. The van der Waals surface area contributed by atoms with Crippen molar-refractivity contribution in [1.29, 1.82) is 0 Å². The third kappa shape index (κ3) is 3.93. The molecule has 2 rings (SSSR count). The van der Waals surface area contributed by atoms with Gasteiger partial charge in [0.1, 0.15) is 0 Å². The molecule has 1 N–H and O–H groups in total. The van der Waals surface area contributed by atoms with Crippen molar-refractivity contribution in [2.24, 2.45) is 0 Å². The Morgan fingerprint density at radius 3 is 2.47 bits per heavy atom. The Hall–Kier alpha value is -1.61. The van der Waals surface area contributed by atoms with E-state index in [0.717, 1.165) is 13.1 Å². The molecule has 0 spiro atoms. The fourth-order valence-corrected chi connectivity index (χ4v) is 2.29. The van der Waals surface area contributed by atoms with Gasteiger partial charge in [-0.25, -0.2) is 0 Å². The van der Waals surface area contributed by atoms with Crippen LogP contribution in [0.5, 0.6) is 0 Å². The van der Waals surface area contributed by atoms with Crippen LogP contribution >= 0.6 is 0 Å². The molecule has 0 amide bonds. The van der Waals surface area contributed by atoms with E-state index >= 15 is 0 Å². The van der Waals surface area contributed by atoms with E-state index in [1.54, 1.807) is 0 Å². The predicted octanol–water partition coefficient (Wildman–Crippen LogP) is 3.05. The highest BCUT2D eigenvalue weighted by Crippen LogP contribution is 2.11. The van der Waals surface area contributed by atoms with Crippen LogP contribution in [-0.4, -0.2) is 15.8 Å². The highest BCUT2D eigenvalue weighted by molar-refractivity contribution is 5.28. The van der Waals surface area contributed by atoms with E-state index in [9.17, 15) is 0 Å². The van der Waals surface area contributed by atoms with Crippen LogP contribution in [0.1, 0.15) is 36.2 Å². The Morgan fingerprint density at radius 2 is 1.84 bits per heavy atom. The van der Waals surface area contributed by atoms with Crippen molar-refractivity contribution < 1.29 is 0 Å². The van der Waals surface area contributed by atoms with Crippen molar-refractivity contribution in [3.63, 3.8) is 0 Å². The third-order valence-corrected chi connectivity index (χ3v) is 3.11. The number of nitrogens with one attached hydrogen (secondary N) is 1. The van der Waals surface area contributed by atoms with E-state index in [2.05, 4.69) is 67.1 Å². The fraction of sp³-hybridized carbons (Fsp3) is 0.438. The van der Waals surface area contributed by atoms with E-state index in [1.165, 1.54) is 22.4 Å². The molecule has 0 saturated heterocycles. The van der Waals surface area contributed by atoms with Gasteiger partial charge in [-0.3, -0.25) is 4.68 Å². The van der Waals surface area contributed by atoms with Crippen LogP contribution in [0.25, 0.3) is 0 Å². The van der Waals surface area contributed by atoms with E-state index in [-0.39, 0.29) is 0 Å². The summed E-state index contributed by atoms with van der Waals surface area (Å²) >= 11 is 0. The number of nitrogens with zero attached hydrogens (tertiary/aromatic N) is 2. The zero-order valence-electron chi connectivity index (χ0n) is 12.3. The first-order chi connectivity index (χ1) is 9.04. The summed E-state index contributed by atoms with van der Waals surface area (Å²) in [6, 6.07) is 9.23. The Labute approximate surface area is 115 Å². The summed E-state index contributed by atoms with van der Waals surface area (Å²) in [5.41, 5.74) is 5.16. The number of aryl methyl sites for hydroxylation is 2. The molecule has 0 unspecified atom stereocenters. The van der Waals surface area contributed by atoms with Crippen molar-refractivity contribution in [2.45, 2.75) is 46.8 Å². The van der Waals surface area contributed by atoms with E-state index in [0.29, 0.717) is 6.04 Å². The molecule has 2 aromatic rings. The van der Waals surface area contributed by atoms with Gasteiger partial charge in [0.05, 0.1) is 12.2 Å². The molecule has 0 aliphatic heterocycles. The fourth-order valence-electron chi connectivity index (χ4n) is 2.29. The van der Waals surface area contributed by atoms with Crippen molar-refractivity contribution in [2.75, 3.05) is 0 Å². The molecule has 1 aromatic carbocycles. The molecule has 0 radical (unpaired) electrons. The molecule has 0 saturated carbocycles. The van der Waals surface area contributed by atoms with Crippen LogP contribution in [0.15, 0.2) is 30.5 Å². The van der Waals surface area contributed by atoms with Crippen molar-refractivity contribution in [1.82, 2.24) is 15.1 Å².